The molecule has 1 heterocycles. The maximum absolute atomic E-state index is 6.11. The molecule has 1 N–H and O–H groups in total. The maximum Gasteiger partial charge on any atom is 0.0595 e. The summed E-state index contributed by atoms with van der Waals surface area (Å²) in [6.45, 7) is 4.48. The van der Waals surface area contributed by atoms with Crippen molar-refractivity contribution < 1.29 is 0 Å². The van der Waals surface area contributed by atoms with E-state index in [-0.39, 0.29) is 0 Å². The minimum Gasteiger partial charge on any atom is -0.315 e. The number of hydrogen-bond donors (Lipinski definition) is 1. The molecule has 0 amide bonds. The van der Waals surface area contributed by atoms with Crippen molar-refractivity contribution in [1.29, 1.82) is 0 Å². The molecule has 2 nitrogen and oxygen atoms in total. The van der Waals surface area contributed by atoms with Gasteiger partial charge in [-0.3, -0.25) is 4.90 Å². The summed E-state index contributed by atoms with van der Waals surface area (Å²) in [5.41, 5.74) is 1.27. The van der Waals surface area contributed by atoms with Gasteiger partial charge in [0.15, 0.2) is 0 Å². The van der Waals surface area contributed by atoms with Crippen LogP contribution in [0.4, 0.5) is 0 Å². The van der Waals surface area contributed by atoms with E-state index in [1.165, 1.54) is 31.4 Å². The fourth-order valence-corrected chi connectivity index (χ4v) is 3.12. The summed E-state index contributed by atoms with van der Waals surface area (Å²) in [7, 11) is 0. The standard InChI is InChI=1S/C15H20Cl2N2/c16-14-4-3-12(7-15(14)17)10-19(9-11-1-2-11)13-5-6-18-8-13/h3-4,7,11,13,18H,1-2,5-6,8-10H2. The smallest absolute Gasteiger partial charge is 0.0595 e. The van der Waals surface area contributed by atoms with Gasteiger partial charge in [-0.05, 0) is 49.4 Å². The molecule has 0 spiro atoms. The molecule has 2 fully saturated rings. The molecule has 1 saturated carbocycles. The van der Waals surface area contributed by atoms with E-state index >= 15 is 0 Å². The van der Waals surface area contributed by atoms with Gasteiger partial charge < -0.3 is 5.32 Å². The zero-order valence-electron chi connectivity index (χ0n) is 11.0. The zero-order chi connectivity index (χ0) is 13.2. The summed E-state index contributed by atoms with van der Waals surface area (Å²) in [4.78, 5) is 2.62. The molecule has 2 aliphatic rings. The van der Waals surface area contributed by atoms with Gasteiger partial charge in [0.05, 0.1) is 10.0 Å². The molecular weight excluding hydrogens is 279 g/mol. The van der Waals surface area contributed by atoms with E-state index in [4.69, 9.17) is 23.2 Å². The van der Waals surface area contributed by atoms with Crippen LogP contribution >= 0.6 is 23.2 Å². The molecule has 104 valence electrons. The van der Waals surface area contributed by atoms with Crippen molar-refractivity contribution in [2.45, 2.75) is 31.8 Å². The van der Waals surface area contributed by atoms with Gasteiger partial charge in [0.1, 0.15) is 0 Å². The first-order chi connectivity index (χ1) is 9.22. The molecule has 3 rings (SSSR count). The molecule has 1 atom stereocenters. The van der Waals surface area contributed by atoms with Gasteiger partial charge in [0.25, 0.3) is 0 Å². The second kappa shape index (κ2) is 6.01. The van der Waals surface area contributed by atoms with Crippen LogP contribution in [0.1, 0.15) is 24.8 Å². The lowest BCUT2D eigenvalue weighted by Crippen LogP contribution is -2.37. The van der Waals surface area contributed by atoms with Gasteiger partial charge in [0.2, 0.25) is 0 Å². The van der Waals surface area contributed by atoms with E-state index in [1.807, 2.05) is 12.1 Å². The van der Waals surface area contributed by atoms with E-state index < -0.39 is 0 Å². The predicted octanol–water partition coefficient (Wildman–Crippen LogP) is 3.57. The molecule has 1 aliphatic carbocycles. The third-order valence-electron chi connectivity index (χ3n) is 4.11. The van der Waals surface area contributed by atoms with Crippen LogP contribution in [0.15, 0.2) is 18.2 Å². The molecule has 19 heavy (non-hydrogen) atoms. The lowest BCUT2D eigenvalue weighted by atomic mass is 10.1. The van der Waals surface area contributed by atoms with Crippen LogP contribution < -0.4 is 5.32 Å². The highest BCUT2D eigenvalue weighted by Crippen LogP contribution is 2.32. The van der Waals surface area contributed by atoms with Crippen molar-refractivity contribution in [1.82, 2.24) is 10.2 Å². The van der Waals surface area contributed by atoms with Crippen molar-refractivity contribution in [2.75, 3.05) is 19.6 Å². The third kappa shape index (κ3) is 3.63. The Kier molecular flexibility index (Phi) is 4.33. The summed E-state index contributed by atoms with van der Waals surface area (Å²) < 4.78 is 0. The largest absolute Gasteiger partial charge is 0.315 e. The van der Waals surface area contributed by atoms with Gasteiger partial charge in [-0.2, -0.15) is 0 Å². The Morgan fingerprint density at radius 3 is 2.63 bits per heavy atom. The number of hydrogen-bond acceptors (Lipinski definition) is 2. The fraction of sp³-hybridized carbons (Fsp3) is 0.600. The van der Waals surface area contributed by atoms with Gasteiger partial charge in [-0.1, -0.05) is 29.3 Å². The quantitative estimate of drug-likeness (QED) is 0.894. The minimum absolute atomic E-state index is 0.640. The normalized spacial score (nSPS) is 23.2. The van der Waals surface area contributed by atoms with Crippen molar-refractivity contribution in [2.24, 2.45) is 5.92 Å². The lowest BCUT2D eigenvalue weighted by molar-refractivity contribution is 0.190. The van der Waals surface area contributed by atoms with Crippen LogP contribution in [0.5, 0.6) is 0 Å². The van der Waals surface area contributed by atoms with Crippen molar-refractivity contribution in [3.8, 4) is 0 Å². The van der Waals surface area contributed by atoms with Crippen LogP contribution in [0.3, 0.4) is 0 Å². The zero-order valence-corrected chi connectivity index (χ0v) is 12.6. The highest BCUT2D eigenvalue weighted by molar-refractivity contribution is 6.42. The SMILES string of the molecule is Clc1ccc(CN(CC2CC2)C2CCNC2)cc1Cl. The first kappa shape index (κ1) is 13.7. The topological polar surface area (TPSA) is 15.3 Å². The number of benzene rings is 1. The van der Waals surface area contributed by atoms with Crippen LogP contribution in [-0.4, -0.2) is 30.6 Å². The maximum atomic E-state index is 6.11. The lowest BCUT2D eigenvalue weighted by Gasteiger charge is -2.28. The van der Waals surface area contributed by atoms with E-state index in [0.717, 1.165) is 25.6 Å². The highest BCUT2D eigenvalue weighted by Gasteiger charge is 2.29. The Morgan fingerprint density at radius 2 is 2.00 bits per heavy atom. The second-order valence-electron chi connectivity index (χ2n) is 5.77. The van der Waals surface area contributed by atoms with Gasteiger partial charge in [0, 0.05) is 25.7 Å². The Balaban J connectivity index is 1.69. The first-order valence-electron chi connectivity index (χ1n) is 7.11. The average Bonchev–Trinajstić information content (AvgIpc) is 3.04. The third-order valence-corrected chi connectivity index (χ3v) is 4.85. The van der Waals surface area contributed by atoms with Crippen LogP contribution in [0, 0.1) is 5.92 Å². The highest BCUT2D eigenvalue weighted by atomic mass is 35.5. The molecule has 0 radical (unpaired) electrons. The van der Waals surface area contributed by atoms with E-state index in [9.17, 15) is 0 Å². The Morgan fingerprint density at radius 1 is 1.16 bits per heavy atom. The summed E-state index contributed by atoms with van der Waals surface area (Å²) in [5, 5.41) is 4.77. The Hall–Kier alpha value is -0.280. The first-order valence-corrected chi connectivity index (χ1v) is 7.86. The van der Waals surface area contributed by atoms with Crippen molar-refractivity contribution >= 4 is 23.2 Å². The Bertz CT molecular complexity index is 440. The summed E-state index contributed by atoms with van der Waals surface area (Å²) in [6.07, 6.45) is 4.06. The monoisotopic (exact) mass is 298 g/mol. The minimum atomic E-state index is 0.640. The molecule has 1 aliphatic heterocycles. The van der Waals surface area contributed by atoms with Crippen LogP contribution in [0.25, 0.3) is 0 Å². The molecule has 1 aromatic carbocycles. The molecular formula is C15H20Cl2N2. The fourth-order valence-electron chi connectivity index (χ4n) is 2.80. The Labute approximate surface area is 125 Å². The molecule has 0 aromatic heterocycles. The number of halogens is 2. The molecule has 1 unspecified atom stereocenters. The van der Waals surface area contributed by atoms with Crippen molar-refractivity contribution in [3.63, 3.8) is 0 Å². The van der Waals surface area contributed by atoms with E-state index in [2.05, 4.69) is 16.3 Å². The summed E-state index contributed by atoms with van der Waals surface area (Å²) >= 11 is 12.1. The number of nitrogens with zero attached hydrogens (tertiary/aromatic N) is 1. The molecule has 1 aromatic rings. The van der Waals surface area contributed by atoms with E-state index in [0.29, 0.717) is 16.1 Å². The molecule has 1 saturated heterocycles. The number of rotatable bonds is 5. The average molecular weight is 299 g/mol. The van der Waals surface area contributed by atoms with Gasteiger partial charge in [-0.25, -0.2) is 0 Å². The van der Waals surface area contributed by atoms with Gasteiger partial charge >= 0.3 is 0 Å². The second-order valence-corrected chi connectivity index (χ2v) is 6.58. The summed E-state index contributed by atoms with van der Waals surface area (Å²) in [6, 6.07) is 6.68. The van der Waals surface area contributed by atoms with Crippen LogP contribution in [-0.2, 0) is 6.54 Å². The van der Waals surface area contributed by atoms with Crippen LogP contribution in [0.2, 0.25) is 10.0 Å². The van der Waals surface area contributed by atoms with E-state index in [1.54, 1.807) is 0 Å². The molecule has 4 heteroatoms. The summed E-state index contributed by atoms with van der Waals surface area (Å²) in [5.74, 6) is 0.920. The number of nitrogens with one attached hydrogen (secondary N) is 1. The molecule has 0 bridgehead atoms. The van der Waals surface area contributed by atoms with Gasteiger partial charge in [-0.15, -0.1) is 0 Å². The van der Waals surface area contributed by atoms with Crippen molar-refractivity contribution in [3.05, 3.63) is 33.8 Å². The predicted molar refractivity (Wildman–Crippen MR) is 80.9 cm³/mol.